The van der Waals surface area contributed by atoms with Gasteiger partial charge in [-0.15, -0.1) is 0 Å². The average molecular weight is 222 g/mol. The average Bonchev–Trinajstić information content (AvgIpc) is 2.23. The molecule has 0 saturated heterocycles. The van der Waals surface area contributed by atoms with Crippen LogP contribution in [-0.2, 0) is 4.79 Å². The fourth-order valence-corrected chi connectivity index (χ4v) is 1.35. The lowest BCUT2D eigenvalue weighted by Gasteiger charge is -2.10. The smallest absolute Gasteiger partial charge is 0.311 e. The molecule has 1 rings (SSSR count). The van der Waals surface area contributed by atoms with Crippen LogP contribution < -0.4 is 9.47 Å². The summed E-state index contributed by atoms with van der Waals surface area (Å²) in [7, 11) is 0. The molecule has 0 aliphatic rings. The van der Waals surface area contributed by atoms with Crippen LogP contribution in [0.15, 0.2) is 18.2 Å². The zero-order valence-electron chi connectivity index (χ0n) is 10.1. The van der Waals surface area contributed by atoms with Crippen LogP contribution in [0.3, 0.4) is 0 Å². The summed E-state index contributed by atoms with van der Waals surface area (Å²) >= 11 is 0. The first kappa shape index (κ1) is 12.6. The normalized spacial score (nSPS) is 9.94. The van der Waals surface area contributed by atoms with Gasteiger partial charge in [0.25, 0.3) is 0 Å². The number of hydrogen-bond acceptors (Lipinski definition) is 3. The zero-order chi connectivity index (χ0) is 12.0. The van der Waals surface area contributed by atoms with Crippen molar-refractivity contribution in [2.24, 2.45) is 0 Å². The van der Waals surface area contributed by atoms with Crippen LogP contribution in [0.1, 0.15) is 32.3 Å². The molecule has 0 fully saturated rings. The van der Waals surface area contributed by atoms with Gasteiger partial charge in [-0.3, -0.25) is 4.79 Å². The molecule has 0 atom stereocenters. The van der Waals surface area contributed by atoms with Crippen molar-refractivity contribution in [1.29, 1.82) is 0 Å². The molecule has 88 valence electrons. The standard InChI is InChI=1S/C13H18O3/c1-4-6-13(14)16-11-8-7-10(3)9-12(11)15-5-2/h7-9H,4-6H2,1-3H3. The Hall–Kier alpha value is -1.51. The third kappa shape index (κ3) is 3.57. The van der Waals surface area contributed by atoms with E-state index in [9.17, 15) is 4.79 Å². The lowest BCUT2D eigenvalue weighted by atomic mass is 10.2. The van der Waals surface area contributed by atoms with Crippen LogP contribution >= 0.6 is 0 Å². The number of hydrogen-bond donors (Lipinski definition) is 0. The molecular weight excluding hydrogens is 204 g/mol. The van der Waals surface area contributed by atoms with Crippen molar-refractivity contribution in [3.05, 3.63) is 23.8 Å². The van der Waals surface area contributed by atoms with E-state index in [4.69, 9.17) is 9.47 Å². The fraction of sp³-hybridized carbons (Fsp3) is 0.462. The fourth-order valence-electron chi connectivity index (χ4n) is 1.35. The molecule has 0 spiro atoms. The largest absolute Gasteiger partial charge is 0.490 e. The van der Waals surface area contributed by atoms with Crippen LogP contribution in [0.2, 0.25) is 0 Å². The van der Waals surface area contributed by atoms with Gasteiger partial charge in [0.05, 0.1) is 6.61 Å². The lowest BCUT2D eigenvalue weighted by Crippen LogP contribution is -2.08. The quantitative estimate of drug-likeness (QED) is 0.567. The van der Waals surface area contributed by atoms with E-state index in [1.807, 2.05) is 32.9 Å². The van der Waals surface area contributed by atoms with E-state index in [2.05, 4.69) is 0 Å². The monoisotopic (exact) mass is 222 g/mol. The molecule has 0 radical (unpaired) electrons. The Labute approximate surface area is 96.4 Å². The molecule has 0 aliphatic heterocycles. The molecule has 0 amide bonds. The van der Waals surface area contributed by atoms with Crippen LogP contribution in [0.25, 0.3) is 0 Å². The van der Waals surface area contributed by atoms with Crippen molar-refractivity contribution in [1.82, 2.24) is 0 Å². The Morgan fingerprint density at radius 1 is 1.25 bits per heavy atom. The van der Waals surface area contributed by atoms with E-state index in [1.54, 1.807) is 6.07 Å². The Bertz CT molecular complexity index is 358. The summed E-state index contributed by atoms with van der Waals surface area (Å²) in [5.41, 5.74) is 1.08. The Morgan fingerprint density at radius 3 is 2.62 bits per heavy atom. The van der Waals surface area contributed by atoms with Crippen molar-refractivity contribution < 1.29 is 14.3 Å². The molecule has 0 aromatic heterocycles. The maximum absolute atomic E-state index is 11.4. The SMILES string of the molecule is CCCC(=O)Oc1ccc(C)cc1OCC. The second-order valence-corrected chi connectivity index (χ2v) is 3.61. The Balaban J connectivity index is 2.81. The Kier molecular flexibility index (Phi) is 4.83. The first-order valence-electron chi connectivity index (χ1n) is 5.61. The first-order valence-corrected chi connectivity index (χ1v) is 5.61. The number of ether oxygens (including phenoxy) is 2. The van der Waals surface area contributed by atoms with E-state index in [-0.39, 0.29) is 5.97 Å². The molecule has 0 unspecified atom stereocenters. The van der Waals surface area contributed by atoms with Gasteiger partial charge in [0.15, 0.2) is 11.5 Å². The molecular formula is C13H18O3. The summed E-state index contributed by atoms with van der Waals surface area (Å²) < 4.78 is 10.6. The van der Waals surface area contributed by atoms with Gasteiger partial charge in [-0.2, -0.15) is 0 Å². The molecule has 3 heteroatoms. The minimum Gasteiger partial charge on any atom is -0.490 e. The second-order valence-electron chi connectivity index (χ2n) is 3.61. The van der Waals surface area contributed by atoms with E-state index in [0.717, 1.165) is 12.0 Å². The molecule has 0 N–H and O–H groups in total. The van der Waals surface area contributed by atoms with Gasteiger partial charge >= 0.3 is 5.97 Å². The predicted molar refractivity (Wildman–Crippen MR) is 62.9 cm³/mol. The molecule has 0 bridgehead atoms. The summed E-state index contributed by atoms with van der Waals surface area (Å²) in [5, 5.41) is 0. The minimum atomic E-state index is -0.215. The summed E-state index contributed by atoms with van der Waals surface area (Å²) in [5.74, 6) is 0.921. The van der Waals surface area contributed by atoms with Crippen molar-refractivity contribution in [2.75, 3.05) is 6.61 Å². The number of aryl methyl sites for hydroxylation is 1. The number of rotatable bonds is 5. The van der Waals surface area contributed by atoms with Gasteiger partial charge in [0, 0.05) is 6.42 Å². The van der Waals surface area contributed by atoms with Crippen LogP contribution in [0, 0.1) is 6.92 Å². The lowest BCUT2D eigenvalue weighted by molar-refractivity contribution is -0.134. The van der Waals surface area contributed by atoms with Crippen molar-refractivity contribution >= 4 is 5.97 Å². The Morgan fingerprint density at radius 2 is 2.00 bits per heavy atom. The highest BCUT2D eigenvalue weighted by molar-refractivity contribution is 5.73. The number of carbonyl (C=O) groups is 1. The topological polar surface area (TPSA) is 35.5 Å². The summed E-state index contributed by atoms with van der Waals surface area (Å²) in [4.78, 5) is 11.4. The van der Waals surface area contributed by atoms with Gasteiger partial charge in [-0.05, 0) is 38.0 Å². The number of benzene rings is 1. The summed E-state index contributed by atoms with van der Waals surface area (Å²) in [6, 6.07) is 5.54. The van der Waals surface area contributed by atoms with Crippen LogP contribution in [0.4, 0.5) is 0 Å². The van der Waals surface area contributed by atoms with E-state index in [1.165, 1.54) is 0 Å². The zero-order valence-corrected chi connectivity index (χ0v) is 10.1. The highest BCUT2D eigenvalue weighted by atomic mass is 16.6. The predicted octanol–water partition coefficient (Wildman–Crippen LogP) is 3.10. The van der Waals surface area contributed by atoms with E-state index in [0.29, 0.717) is 24.5 Å². The maximum atomic E-state index is 11.4. The maximum Gasteiger partial charge on any atom is 0.311 e. The molecule has 1 aromatic rings. The van der Waals surface area contributed by atoms with Gasteiger partial charge in [-0.1, -0.05) is 13.0 Å². The minimum absolute atomic E-state index is 0.215. The van der Waals surface area contributed by atoms with E-state index >= 15 is 0 Å². The molecule has 1 aromatic carbocycles. The van der Waals surface area contributed by atoms with Crippen LogP contribution in [-0.4, -0.2) is 12.6 Å². The van der Waals surface area contributed by atoms with Gasteiger partial charge in [0.2, 0.25) is 0 Å². The van der Waals surface area contributed by atoms with Crippen molar-refractivity contribution in [2.45, 2.75) is 33.6 Å². The number of esters is 1. The molecule has 0 heterocycles. The third-order valence-electron chi connectivity index (χ3n) is 2.08. The van der Waals surface area contributed by atoms with Gasteiger partial charge < -0.3 is 9.47 Å². The number of carbonyl (C=O) groups excluding carboxylic acids is 1. The summed E-state index contributed by atoms with van der Waals surface area (Å²) in [6.07, 6.45) is 1.22. The molecule has 3 nitrogen and oxygen atoms in total. The highest BCUT2D eigenvalue weighted by Crippen LogP contribution is 2.28. The van der Waals surface area contributed by atoms with Crippen molar-refractivity contribution in [3.8, 4) is 11.5 Å². The highest BCUT2D eigenvalue weighted by Gasteiger charge is 2.09. The van der Waals surface area contributed by atoms with Crippen molar-refractivity contribution in [3.63, 3.8) is 0 Å². The second kappa shape index (κ2) is 6.16. The summed E-state index contributed by atoms with van der Waals surface area (Å²) in [6.45, 7) is 6.38. The van der Waals surface area contributed by atoms with Gasteiger partial charge in [-0.25, -0.2) is 0 Å². The molecule has 16 heavy (non-hydrogen) atoms. The van der Waals surface area contributed by atoms with Crippen LogP contribution in [0.5, 0.6) is 11.5 Å². The molecule has 0 saturated carbocycles. The first-order chi connectivity index (χ1) is 7.67. The third-order valence-corrected chi connectivity index (χ3v) is 2.08. The van der Waals surface area contributed by atoms with Gasteiger partial charge in [0.1, 0.15) is 0 Å². The van der Waals surface area contributed by atoms with E-state index < -0.39 is 0 Å². The molecule has 0 aliphatic carbocycles.